The summed E-state index contributed by atoms with van der Waals surface area (Å²) in [7, 11) is 0. The average Bonchev–Trinajstić information content (AvgIpc) is 2.93. The van der Waals surface area contributed by atoms with Gasteiger partial charge in [-0.15, -0.1) is 0 Å². The lowest BCUT2D eigenvalue weighted by Crippen LogP contribution is -2.39. The lowest BCUT2D eigenvalue weighted by Gasteiger charge is -2.17. The third-order valence-electron chi connectivity index (χ3n) is 3.78. The topological polar surface area (TPSA) is 140 Å². The summed E-state index contributed by atoms with van der Waals surface area (Å²) in [6.07, 6.45) is 1.52. The first kappa shape index (κ1) is 13.1. The molecule has 2 heterocycles. The Morgan fingerprint density at radius 3 is 2.95 bits per heavy atom. The minimum atomic E-state index is -0.771. The second-order valence-corrected chi connectivity index (χ2v) is 5.11. The number of aliphatic hydroxyl groups excluding tert-OH is 2. The molecule has 8 heteroatoms. The molecule has 1 aliphatic rings. The van der Waals surface area contributed by atoms with Crippen LogP contribution in [0.3, 0.4) is 0 Å². The van der Waals surface area contributed by atoms with E-state index in [1.165, 1.54) is 0 Å². The Morgan fingerprint density at radius 1 is 1.45 bits per heavy atom. The van der Waals surface area contributed by atoms with E-state index >= 15 is 0 Å². The molecule has 0 bridgehead atoms. The first-order valence-corrected chi connectivity index (χ1v) is 6.51. The molecular formula is C12H17N5O3. The van der Waals surface area contributed by atoms with Crippen molar-refractivity contribution < 1.29 is 10.2 Å². The Labute approximate surface area is 114 Å². The van der Waals surface area contributed by atoms with Gasteiger partial charge in [-0.3, -0.25) is 9.78 Å². The van der Waals surface area contributed by atoms with Crippen LogP contribution in [0.1, 0.15) is 18.4 Å². The number of aromatic nitrogens is 3. The molecule has 3 unspecified atom stereocenters. The monoisotopic (exact) mass is 279 g/mol. The summed E-state index contributed by atoms with van der Waals surface area (Å²) in [4.78, 5) is 21.3. The molecule has 108 valence electrons. The van der Waals surface area contributed by atoms with Crippen LogP contribution < -0.4 is 16.6 Å². The van der Waals surface area contributed by atoms with E-state index in [0.29, 0.717) is 30.4 Å². The number of nitrogens with one attached hydrogen (secondary N) is 3. The Bertz CT molecular complexity index is 679. The fraction of sp³-hybridized carbons (Fsp3) is 0.500. The van der Waals surface area contributed by atoms with Gasteiger partial charge in [0.15, 0.2) is 0 Å². The molecule has 0 radical (unpaired) electrons. The van der Waals surface area contributed by atoms with Gasteiger partial charge in [0.05, 0.1) is 17.6 Å². The number of fused-ring (bicyclic) bond motifs is 1. The van der Waals surface area contributed by atoms with Gasteiger partial charge >= 0.3 is 0 Å². The highest BCUT2D eigenvalue weighted by Gasteiger charge is 2.32. The number of aromatic amines is 2. The van der Waals surface area contributed by atoms with E-state index in [-0.39, 0.29) is 17.5 Å². The van der Waals surface area contributed by atoms with Crippen LogP contribution in [0.15, 0.2) is 11.0 Å². The second kappa shape index (κ2) is 4.89. The van der Waals surface area contributed by atoms with Crippen LogP contribution in [0.5, 0.6) is 0 Å². The van der Waals surface area contributed by atoms with E-state index in [4.69, 9.17) is 5.73 Å². The Kier molecular flexibility index (Phi) is 3.20. The van der Waals surface area contributed by atoms with E-state index in [0.717, 1.165) is 5.56 Å². The van der Waals surface area contributed by atoms with Crippen molar-refractivity contribution in [2.75, 3.05) is 5.73 Å². The Balaban J connectivity index is 1.80. The van der Waals surface area contributed by atoms with E-state index in [2.05, 4.69) is 20.3 Å². The molecule has 0 amide bonds. The molecule has 2 aromatic heterocycles. The number of hydrogen-bond acceptors (Lipinski definition) is 6. The van der Waals surface area contributed by atoms with Crippen molar-refractivity contribution in [3.63, 3.8) is 0 Å². The highest BCUT2D eigenvalue weighted by Crippen LogP contribution is 2.21. The SMILES string of the molecule is Nc1nc2[nH]cc(CNC3CCC(O)C3O)c2c(=O)[nH]1. The molecule has 3 rings (SSSR count). The molecule has 1 saturated carbocycles. The molecule has 1 aliphatic carbocycles. The molecule has 0 aliphatic heterocycles. The zero-order valence-electron chi connectivity index (χ0n) is 10.8. The van der Waals surface area contributed by atoms with Crippen LogP contribution in [0, 0.1) is 0 Å². The second-order valence-electron chi connectivity index (χ2n) is 5.11. The van der Waals surface area contributed by atoms with Crippen molar-refractivity contribution in [3.8, 4) is 0 Å². The average molecular weight is 279 g/mol. The molecular weight excluding hydrogens is 262 g/mol. The molecule has 0 spiro atoms. The molecule has 20 heavy (non-hydrogen) atoms. The van der Waals surface area contributed by atoms with Crippen molar-refractivity contribution in [2.45, 2.75) is 37.6 Å². The smallest absolute Gasteiger partial charge is 0.262 e. The van der Waals surface area contributed by atoms with Crippen molar-refractivity contribution in [1.82, 2.24) is 20.3 Å². The summed E-state index contributed by atoms with van der Waals surface area (Å²) in [5.41, 5.74) is 6.38. The van der Waals surface area contributed by atoms with Crippen molar-refractivity contribution in [3.05, 3.63) is 22.1 Å². The zero-order chi connectivity index (χ0) is 14.3. The minimum absolute atomic E-state index is 0.0678. The predicted octanol–water partition coefficient (Wildman–Crippen LogP) is -1.19. The number of hydrogen-bond donors (Lipinski definition) is 6. The fourth-order valence-electron chi connectivity index (χ4n) is 2.68. The van der Waals surface area contributed by atoms with Crippen LogP contribution in [0.25, 0.3) is 11.0 Å². The van der Waals surface area contributed by atoms with Crippen molar-refractivity contribution in [1.29, 1.82) is 0 Å². The summed E-state index contributed by atoms with van der Waals surface area (Å²) < 4.78 is 0. The highest BCUT2D eigenvalue weighted by molar-refractivity contribution is 5.79. The number of nitrogens with zero attached hydrogens (tertiary/aromatic N) is 1. The highest BCUT2D eigenvalue weighted by atomic mass is 16.3. The van der Waals surface area contributed by atoms with Crippen LogP contribution in [0.4, 0.5) is 5.95 Å². The number of anilines is 1. The van der Waals surface area contributed by atoms with Gasteiger partial charge in [-0.1, -0.05) is 0 Å². The van der Waals surface area contributed by atoms with Gasteiger partial charge in [-0.2, -0.15) is 4.98 Å². The lowest BCUT2D eigenvalue weighted by molar-refractivity contribution is 0.0300. The summed E-state index contributed by atoms with van der Waals surface area (Å²) in [6, 6.07) is -0.171. The van der Waals surface area contributed by atoms with Gasteiger partial charge in [0.25, 0.3) is 5.56 Å². The number of aliphatic hydroxyl groups is 2. The Morgan fingerprint density at radius 2 is 2.25 bits per heavy atom. The fourth-order valence-corrected chi connectivity index (χ4v) is 2.68. The van der Waals surface area contributed by atoms with E-state index in [1.807, 2.05) is 0 Å². The minimum Gasteiger partial charge on any atom is -0.390 e. The Hall–Kier alpha value is -1.90. The van der Waals surface area contributed by atoms with Crippen LogP contribution in [0.2, 0.25) is 0 Å². The number of H-pyrrole nitrogens is 2. The van der Waals surface area contributed by atoms with Crippen molar-refractivity contribution in [2.24, 2.45) is 0 Å². The maximum absolute atomic E-state index is 11.9. The normalized spacial score (nSPS) is 26.4. The number of rotatable bonds is 3. The molecule has 1 fully saturated rings. The predicted molar refractivity (Wildman–Crippen MR) is 73.0 cm³/mol. The summed E-state index contributed by atoms with van der Waals surface area (Å²) in [6.45, 7) is 0.406. The molecule has 7 N–H and O–H groups in total. The number of nitrogens with two attached hydrogens (primary N) is 1. The largest absolute Gasteiger partial charge is 0.390 e. The third kappa shape index (κ3) is 2.17. The summed E-state index contributed by atoms with van der Waals surface area (Å²) in [5.74, 6) is 0.0678. The quantitative estimate of drug-likeness (QED) is 0.417. The molecule has 2 aromatic rings. The first-order chi connectivity index (χ1) is 9.56. The van der Waals surface area contributed by atoms with E-state index in [9.17, 15) is 15.0 Å². The van der Waals surface area contributed by atoms with E-state index in [1.54, 1.807) is 6.20 Å². The maximum atomic E-state index is 11.9. The number of nitrogen functional groups attached to an aromatic ring is 1. The first-order valence-electron chi connectivity index (χ1n) is 6.51. The van der Waals surface area contributed by atoms with Crippen LogP contribution in [-0.4, -0.2) is 43.4 Å². The summed E-state index contributed by atoms with van der Waals surface area (Å²) in [5, 5.41) is 22.9. The zero-order valence-corrected chi connectivity index (χ0v) is 10.8. The molecule has 0 aromatic carbocycles. The third-order valence-corrected chi connectivity index (χ3v) is 3.78. The van der Waals surface area contributed by atoms with Gasteiger partial charge < -0.3 is 26.2 Å². The molecule has 8 nitrogen and oxygen atoms in total. The van der Waals surface area contributed by atoms with Gasteiger partial charge in [0.2, 0.25) is 5.95 Å². The van der Waals surface area contributed by atoms with Crippen LogP contribution >= 0.6 is 0 Å². The van der Waals surface area contributed by atoms with Gasteiger partial charge in [-0.25, -0.2) is 0 Å². The molecule has 3 atom stereocenters. The van der Waals surface area contributed by atoms with E-state index < -0.39 is 12.2 Å². The summed E-state index contributed by atoms with van der Waals surface area (Å²) >= 11 is 0. The van der Waals surface area contributed by atoms with Gasteiger partial charge in [-0.05, 0) is 18.4 Å². The standard InChI is InChI=1S/C12H17N5O3/c13-12-16-10-8(11(20)17-12)5(4-15-10)3-14-6-1-2-7(18)9(6)19/h4,6-7,9,14,18-19H,1-3H2,(H4,13,15,16,17,20). The maximum Gasteiger partial charge on any atom is 0.262 e. The van der Waals surface area contributed by atoms with Gasteiger partial charge in [0, 0.05) is 18.8 Å². The molecule has 0 saturated heterocycles. The van der Waals surface area contributed by atoms with Crippen molar-refractivity contribution >= 4 is 17.0 Å². The lowest BCUT2D eigenvalue weighted by atomic mass is 10.2. The van der Waals surface area contributed by atoms with Crippen LogP contribution in [-0.2, 0) is 6.54 Å². The van der Waals surface area contributed by atoms with Gasteiger partial charge in [0.1, 0.15) is 5.65 Å².